The lowest BCUT2D eigenvalue weighted by Gasteiger charge is -2.31. The third kappa shape index (κ3) is 4.90. The molecule has 0 radical (unpaired) electrons. The van der Waals surface area contributed by atoms with E-state index < -0.39 is 17.7 Å². The molecule has 2 heterocycles. The van der Waals surface area contributed by atoms with Gasteiger partial charge in [-0.15, -0.1) is 0 Å². The van der Waals surface area contributed by atoms with Crippen molar-refractivity contribution >= 4 is 34.7 Å². The molecule has 33 heavy (non-hydrogen) atoms. The van der Waals surface area contributed by atoms with Gasteiger partial charge in [0.05, 0.1) is 24.8 Å². The first-order valence-electron chi connectivity index (χ1n) is 11.0. The molecule has 174 valence electrons. The molecular weight excluding hydrogens is 442 g/mol. The number of halogens is 1. The van der Waals surface area contributed by atoms with Crippen LogP contribution in [0.3, 0.4) is 0 Å². The van der Waals surface area contributed by atoms with Crippen LogP contribution in [0.5, 0.6) is 0 Å². The molecule has 2 aliphatic heterocycles. The van der Waals surface area contributed by atoms with Crippen molar-refractivity contribution in [2.45, 2.75) is 6.04 Å². The van der Waals surface area contributed by atoms with Gasteiger partial charge in [0.2, 0.25) is 0 Å². The van der Waals surface area contributed by atoms with Crippen molar-refractivity contribution in [2.75, 3.05) is 58.4 Å². The molecule has 2 saturated heterocycles. The van der Waals surface area contributed by atoms with Gasteiger partial charge in [0.25, 0.3) is 11.7 Å². The number of benzene rings is 2. The average Bonchev–Trinajstić information content (AvgIpc) is 3.08. The van der Waals surface area contributed by atoms with Crippen LogP contribution in [0.4, 0.5) is 5.69 Å². The van der Waals surface area contributed by atoms with E-state index in [-0.39, 0.29) is 11.3 Å². The van der Waals surface area contributed by atoms with E-state index in [1.54, 1.807) is 29.2 Å². The Balaban J connectivity index is 1.73. The highest BCUT2D eigenvalue weighted by Gasteiger charge is 2.46. The molecule has 2 aromatic carbocycles. The monoisotopic (exact) mass is 469 g/mol. The summed E-state index contributed by atoms with van der Waals surface area (Å²) in [5.74, 6) is -1.47. The number of nitrogens with zero attached hydrogens (tertiary/aromatic N) is 3. The van der Waals surface area contributed by atoms with Crippen molar-refractivity contribution in [3.05, 3.63) is 70.3 Å². The first kappa shape index (κ1) is 23.3. The number of anilines is 1. The number of rotatable bonds is 6. The molecule has 7 nitrogen and oxygen atoms in total. The van der Waals surface area contributed by atoms with Crippen molar-refractivity contribution in [1.29, 1.82) is 0 Å². The summed E-state index contributed by atoms with van der Waals surface area (Å²) in [5, 5.41) is 11.6. The van der Waals surface area contributed by atoms with Crippen LogP contribution in [-0.4, -0.2) is 80.1 Å². The maximum Gasteiger partial charge on any atom is 0.295 e. The van der Waals surface area contributed by atoms with Gasteiger partial charge < -0.3 is 19.6 Å². The molecule has 0 bridgehead atoms. The number of hydrogen-bond acceptors (Lipinski definition) is 6. The summed E-state index contributed by atoms with van der Waals surface area (Å²) in [7, 11) is 3.90. The average molecular weight is 470 g/mol. The molecule has 4 rings (SSSR count). The number of Topliss-reactive ketones (excluding diaryl/α,β-unsaturated/α-hetero) is 1. The van der Waals surface area contributed by atoms with Gasteiger partial charge in [-0.2, -0.15) is 0 Å². The first-order chi connectivity index (χ1) is 15.9. The first-order valence-corrected chi connectivity index (χ1v) is 11.4. The number of ether oxygens (including phenoxy) is 1. The highest BCUT2D eigenvalue weighted by molar-refractivity contribution is 6.46. The summed E-state index contributed by atoms with van der Waals surface area (Å²) >= 11 is 5.99. The van der Waals surface area contributed by atoms with Crippen molar-refractivity contribution in [2.24, 2.45) is 0 Å². The van der Waals surface area contributed by atoms with E-state index in [4.69, 9.17) is 16.3 Å². The molecule has 1 N–H and O–H groups in total. The molecule has 0 aliphatic carbocycles. The van der Waals surface area contributed by atoms with Gasteiger partial charge in [0.15, 0.2) is 0 Å². The predicted octanol–water partition coefficient (Wildman–Crippen LogP) is 3.16. The molecule has 2 aliphatic rings. The quantitative estimate of drug-likeness (QED) is 0.398. The van der Waals surface area contributed by atoms with E-state index in [9.17, 15) is 14.7 Å². The molecule has 0 saturated carbocycles. The third-order valence-corrected chi connectivity index (χ3v) is 6.40. The number of carbonyl (C=O) groups is 2. The van der Waals surface area contributed by atoms with E-state index in [2.05, 4.69) is 4.90 Å². The smallest absolute Gasteiger partial charge is 0.295 e. The molecule has 0 spiro atoms. The molecule has 2 fully saturated rings. The second-order valence-electron chi connectivity index (χ2n) is 8.44. The summed E-state index contributed by atoms with van der Waals surface area (Å²) in [5.41, 5.74) is 2.32. The van der Waals surface area contributed by atoms with Crippen molar-refractivity contribution in [3.8, 4) is 0 Å². The summed E-state index contributed by atoms with van der Waals surface area (Å²) in [6.07, 6.45) is 0. The number of amides is 1. The largest absolute Gasteiger partial charge is 0.507 e. The highest BCUT2D eigenvalue weighted by atomic mass is 35.5. The second kappa shape index (κ2) is 9.95. The maximum atomic E-state index is 13.1. The lowest BCUT2D eigenvalue weighted by Crippen LogP contribution is -2.42. The van der Waals surface area contributed by atoms with E-state index in [1.807, 2.05) is 43.3 Å². The zero-order valence-electron chi connectivity index (χ0n) is 18.8. The highest BCUT2D eigenvalue weighted by Crippen LogP contribution is 2.39. The van der Waals surface area contributed by atoms with Gasteiger partial charge in [-0.05, 0) is 42.0 Å². The number of likely N-dealkylation sites (tertiary alicyclic amines) is 1. The van der Waals surface area contributed by atoms with E-state index >= 15 is 0 Å². The van der Waals surface area contributed by atoms with Crippen LogP contribution >= 0.6 is 11.6 Å². The fraction of sp³-hybridized carbons (Fsp3) is 0.360. The normalized spacial score (nSPS) is 20.9. The Kier molecular flexibility index (Phi) is 7.02. The van der Waals surface area contributed by atoms with Gasteiger partial charge >= 0.3 is 0 Å². The number of hydrogen-bond donors (Lipinski definition) is 1. The number of ketones is 1. The minimum atomic E-state index is -0.675. The molecule has 0 aromatic heterocycles. The van der Waals surface area contributed by atoms with Crippen LogP contribution in [0, 0.1) is 0 Å². The Morgan fingerprint density at radius 1 is 1.03 bits per heavy atom. The minimum absolute atomic E-state index is 0.0990. The Morgan fingerprint density at radius 3 is 2.27 bits per heavy atom. The number of morpholine rings is 1. The van der Waals surface area contributed by atoms with Crippen LogP contribution < -0.4 is 4.90 Å². The summed E-state index contributed by atoms with van der Waals surface area (Å²) in [6.45, 7) is 3.90. The Morgan fingerprint density at radius 2 is 1.67 bits per heavy atom. The molecule has 2 aromatic rings. The minimum Gasteiger partial charge on any atom is -0.507 e. The molecule has 1 amide bonds. The SMILES string of the molecule is CN(C)c1ccc([C@@H]2/C(=C(\O)c3ccc(Cl)cc3)C(=O)C(=O)N2CCN2CCOCC2)cc1. The Hall–Kier alpha value is -2.87. The number of aliphatic hydroxyl groups is 1. The maximum absolute atomic E-state index is 13.1. The van der Waals surface area contributed by atoms with Crippen molar-refractivity contribution in [3.63, 3.8) is 0 Å². The summed E-state index contributed by atoms with van der Waals surface area (Å²) < 4.78 is 5.41. The molecule has 0 unspecified atom stereocenters. The lowest BCUT2D eigenvalue weighted by molar-refractivity contribution is -0.140. The van der Waals surface area contributed by atoms with E-state index in [0.29, 0.717) is 36.9 Å². The van der Waals surface area contributed by atoms with Gasteiger partial charge in [0, 0.05) is 56.5 Å². The van der Waals surface area contributed by atoms with Crippen LogP contribution in [0.15, 0.2) is 54.1 Å². The molecule has 1 atom stereocenters. The van der Waals surface area contributed by atoms with Crippen LogP contribution in [-0.2, 0) is 14.3 Å². The van der Waals surface area contributed by atoms with Crippen molar-refractivity contribution in [1.82, 2.24) is 9.80 Å². The summed E-state index contributed by atoms with van der Waals surface area (Å²) in [6, 6.07) is 13.6. The topological polar surface area (TPSA) is 73.3 Å². The molecule has 8 heteroatoms. The van der Waals surface area contributed by atoms with Gasteiger partial charge in [-0.1, -0.05) is 23.7 Å². The third-order valence-electron chi connectivity index (χ3n) is 6.14. The summed E-state index contributed by atoms with van der Waals surface area (Å²) in [4.78, 5) is 32.0. The van der Waals surface area contributed by atoms with Crippen molar-refractivity contribution < 1.29 is 19.4 Å². The zero-order valence-corrected chi connectivity index (χ0v) is 19.6. The van der Waals surface area contributed by atoms with E-state index in [1.165, 1.54) is 0 Å². The standard InChI is InChI=1S/C25H28ClN3O4/c1-27(2)20-9-5-17(6-10-20)22-21(23(30)18-3-7-19(26)8-4-18)24(31)25(32)29(22)12-11-28-13-15-33-16-14-28/h3-10,22,30H,11-16H2,1-2H3/b23-21+/t22-/m1/s1. The Labute approximate surface area is 198 Å². The van der Waals surface area contributed by atoms with Crippen LogP contribution in [0.2, 0.25) is 5.02 Å². The predicted molar refractivity (Wildman–Crippen MR) is 128 cm³/mol. The second-order valence-corrected chi connectivity index (χ2v) is 8.88. The van der Waals surface area contributed by atoms with Crippen LogP contribution in [0.25, 0.3) is 5.76 Å². The number of carbonyl (C=O) groups excluding carboxylic acids is 2. The molecular formula is C25H28ClN3O4. The lowest BCUT2D eigenvalue weighted by atomic mass is 9.95. The van der Waals surface area contributed by atoms with Crippen LogP contribution in [0.1, 0.15) is 17.2 Å². The number of aliphatic hydroxyl groups excluding tert-OH is 1. The van der Waals surface area contributed by atoms with Gasteiger partial charge in [-0.25, -0.2) is 0 Å². The van der Waals surface area contributed by atoms with Gasteiger partial charge in [-0.3, -0.25) is 14.5 Å². The zero-order chi connectivity index (χ0) is 23.5. The van der Waals surface area contributed by atoms with E-state index in [0.717, 1.165) is 24.3 Å². The fourth-order valence-corrected chi connectivity index (χ4v) is 4.38. The fourth-order valence-electron chi connectivity index (χ4n) is 4.25. The van der Waals surface area contributed by atoms with Gasteiger partial charge in [0.1, 0.15) is 5.76 Å². The Bertz CT molecular complexity index is 1040.